The number of carbonyl (C=O) groups is 1. The van der Waals surface area contributed by atoms with E-state index in [0.29, 0.717) is 22.2 Å². The summed E-state index contributed by atoms with van der Waals surface area (Å²) in [6, 6.07) is 19.7. The number of halogens is 1. The van der Waals surface area contributed by atoms with Gasteiger partial charge in [-0.2, -0.15) is 0 Å². The summed E-state index contributed by atoms with van der Waals surface area (Å²) < 4.78 is 5.42. The highest BCUT2D eigenvalue weighted by Gasteiger charge is 2.04. The van der Waals surface area contributed by atoms with Gasteiger partial charge in [0.1, 0.15) is 11.4 Å². The normalized spacial score (nSPS) is 9.73. The predicted molar refractivity (Wildman–Crippen MR) is 102 cm³/mol. The van der Waals surface area contributed by atoms with Crippen LogP contribution in [0.25, 0.3) is 0 Å². The molecule has 0 radical (unpaired) electrons. The predicted octanol–water partition coefficient (Wildman–Crippen LogP) is 4.15. The molecule has 0 saturated carbocycles. The number of amides is 1. The first kappa shape index (κ1) is 17.5. The first-order valence-corrected chi connectivity index (χ1v) is 8.28. The van der Waals surface area contributed by atoms with Gasteiger partial charge in [0.05, 0.1) is 0 Å². The zero-order valence-electron chi connectivity index (χ0n) is 13.8. The van der Waals surface area contributed by atoms with E-state index >= 15 is 0 Å². The topological polar surface area (TPSA) is 51.2 Å². The lowest BCUT2D eigenvalue weighted by atomic mass is 10.2. The fraction of sp³-hybridized carbons (Fsp3) is 0.0476. The third kappa shape index (κ3) is 5.37. The zero-order valence-corrected chi connectivity index (χ0v) is 14.5. The fourth-order valence-electron chi connectivity index (χ4n) is 2.12. The number of carbonyl (C=O) groups excluding carboxylic acids is 1. The molecular weight excluding hydrogens is 348 g/mol. The summed E-state index contributed by atoms with van der Waals surface area (Å²) in [6.45, 7) is -0.0918. The highest BCUT2D eigenvalue weighted by atomic mass is 35.5. The van der Waals surface area contributed by atoms with Gasteiger partial charge in [0.25, 0.3) is 5.91 Å². The van der Waals surface area contributed by atoms with E-state index < -0.39 is 0 Å². The maximum atomic E-state index is 12.0. The van der Waals surface area contributed by atoms with Crippen LogP contribution in [-0.4, -0.2) is 17.5 Å². The van der Waals surface area contributed by atoms with Crippen LogP contribution in [0, 0.1) is 11.8 Å². The van der Waals surface area contributed by atoms with E-state index in [4.69, 9.17) is 16.3 Å². The molecule has 1 aromatic heterocycles. The molecule has 3 aromatic rings. The Balaban J connectivity index is 1.58. The van der Waals surface area contributed by atoms with Gasteiger partial charge in [-0.3, -0.25) is 4.79 Å². The van der Waals surface area contributed by atoms with Gasteiger partial charge >= 0.3 is 0 Å². The van der Waals surface area contributed by atoms with Gasteiger partial charge in [-0.05, 0) is 60.5 Å². The molecule has 0 aliphatic heterocycles. The van der Waals surface area contributed by atoms with Crippen molar-refractivity contribution in [2.75, 3.05) is 11.9 Å². The Hall–Kier alpha value is -3.29. The van der Waals surface area contributed by atoms with Crippen molar-refractivity contribution >= 4 is 23.2 Å². The maximum absolute atomic E-state index is 12.0. The summed E-state index contributed by atoms with van der Waals surface area (Å²) in [5.41, 5.74) is 2.13. The number of hydrogen-bond donors (Lipinski definition) is 1. The maximum Gasteiger partial charge on any atom is 0.262 e. The molecule has 0 atom stereocenters. The Labute approximate surface area is 156 Å². The lowest BCUT2D eigenvalue weighted by molar-refractivity contribution is -0.118. The minimum atomic E-state index is -0.255. The summed E-state index contributed by atoms with van der Waals surface area (Å²) in [7, 11) is 0. The number of nitrogens with one attached hydrogen (secondary N) is 1. The van der Waals surface area contributed by atoms with Gasteiger partial charge in [0.15, 0.2) is 6.61 Å². The van der Waals surface area contributed by atoms with Gasteiger partial charge in [-0.15, -0.1) is 0 Å². The van der Waals surface area contributed by atoms with Gasteiger partial charge < -0.3 is 10.1 Å². The van der Waals surface area contributed by atoms with Crippen molar-refractivity contribution in [2.45, 2.75) is 0 Å². The van der Waals surface area contributed by atoms with Crippen molar-refractivity contribution in [2.24, 2.45) is 0 Å². The minimum Gasteiger partial charge on any atom is -0.484 e. The molecule has 0 bridgehead atoms. The number of benzene rings is 2. The van der Waals surface area contributed by atoms with Crippen LogP contribution in [0.5, 0.6) is 5.75 Å². The molecule has 1 amide bonds. The van der Waals surface area contributed by atoms with Crippen LogP contribution >= 0.6 is 11.6 Å². The number of aromatic nitrogens is 1. The molecule has 5 heteroatoms. The first-order valence-electron chi connectivity index (χ1n) is 7.90. The van der Waals surface area contributed by atoms with Crippen LogP contribution in [0.1, 0.15) is 11.3 Å². The number of hydrogen-bond acceptors (Lipinski definition) is 3. The highest BCUT2D eigenvalue weighted by Crippen LogP contribution is 2.15. The van der Waals surface area contributed by atoms with E-state index in [0.717, 1.165) is 5.56 Å². The fourth-order valence-corrected chi connectivity index (χ4v) is 2.25. The molecule has 0 aliphatic carbocycles. The Morgan fingerprint density at radius 2 is 1.88 bits per heavy atom. The molecule has 128 valence electrons. The van der Waals surface area contributed by atoms with Crippen LogP contribution in [0.4, 0.5) is 5.69 Å². The Bertz CT molecular complexity index is 945. The number of pyridine rings is 1. The minimum absolute atomic E-state index is 0.0918. The average Bonchev–Trinajstić information content (AvgIpc) is 2.67. The average molecular weight is 363 g/mol. The van der Waals surface area contributed by atoms with Crippen LogP contribution in [-0.2, 0) is 4.79 Å². The van der Waals surface area contributed by atoms with Crippen molar-refractivity contribution in [1.29, 1.82) is 0 Å². The van der Waals surface area contributed by atoms with Gasteiger partial charge in [0, 0.05) is 22.5 Å². The van der Waals surface area contributed by atoms with E-state index in [-0.39, 0.29) is 12.5 Å². The molecule has 1 N–H and O–H groups in total. The van der Waals surface area contributed by atoms with Crippen LogP contribution < -0.4 is 10.1 Å². The van der Waals surface area contributed by atoms with Crippen molar-refractivity contribution in [3.8, 4) is 17.6 Å². The molecule has 2 aromatic carbocycles. The van der Waals surface area contributed by atoms with Gasteiger partial charge in [-0.25, -0.2) is 4.98 Å². The molecule has 0 aliphatic rings. The Kier molecular flexibility index (Phi) is 5.87. The molecular formula is C21H15ClN2O2. The number of anilines is 1. The molecule has 0 saturated heterocycles. The van der Waals surface area contributed by atoms with E-state index in [1.165, 1.54) is 0 Å². The molecule has 0 fully saturated rings. The molecule has 26 heavy (non-hydrogen) atoms. The molecule has 0 spiro atoms. The summed E-state index contributed by atoms with van der Waals surface area (Å²) in [6.07, 6.45) is 1.70. The monoisotopic (exact) mass is 362 g/mol. The molecule has 3 rings (SSSR count). The SMILES string of the molecule is O=C(COc1ccc(Cl)cc1)Nc1cccc(C#Cc2ccccn2)c1. The van der Waals surface area contributed by atoms with E-state index in [9.17, 15) is 4.79 Å². The van der Waals surface area contributed by atoms with Crippen molar-refractivity contribution < 1.29 is 9.53 Å². The number of nitrogens with zero attached hydrogens (tertiary/aromatic N) is 1. The van der Waals surface area contributed by atoms with E-state index in [1.54, 1.807) is 42.6 Å². The zero-order chi connectivity index (χ0) is 18.2. The van der Waals surface area contributed by atoms with Crippen LogP contribution in [0.3, 0.4) is 0 Å². The lowest BCUT2D eigenvalue weighted by Gasteiger charge is -2.08. The third-order valence-corrected chi connectivity index (χ3v) is 3.58. The summed E-state index contributed by atoms with van der Waals surface area (Å²) in [5, 5.41) is 3.40. The Morgan fingerprint density at radius 1 is 1.04 bits per heavy atom. The van der Waals surface area contributed by atoms with Crippen molar-refractivity contribution in [1.82, 2.24) is 4.98 Å². The van der Waals surface area contributed by atoms with Crippen LogP contribution in [0.2, 0.25) is 5.02 Å². The standard InChI is InChI=1S/C21H15ClN2O2/c22-17-8-11-20(12-9-17)26-15-21(25)24-19-6-3-4-16(14-19)7-10-18-5-1-2-13-23-18/h1-6,8-9,11-14H,15H2,(H,24,25). The molecule has 4 nitrogen and oxygen atoms in total. The largest absolute Gasteiger partial charge is 0.484 e. The number of rotatable bonds is 4. The summed E-state index contributed by atoms with van der Waals surface area (Å²) >= 11 is 5.81. The smallest absolute Gasteiger partial charge is 0.262 e. The quantitative estimate of drug-likeness (QED) is 0.709. The van der Waals surface area contributed by atoms with Gasteiger partial charge in [0.2, 0.25) is 0 Å². The third-order valence-electron chi connectivity index (χ3n) is 3.33. The van der Waals surface area contributed by atoms with Gasteiger partial charge in [-0.1, -0.05) is 29.7 Å². The molecule has 1 heterocycles. The highest BCUT2D eigenvalue weighted by molar-refractivity contribution is 6.30. The summed E-state index contributed by atoms with van der Waals surface area (Å²) in [4.78, 5) is 16.2. The Morgan fingerprint density at radius 3 is 2.65 bits per heavy atom. The second-order valence-electron chi connectivity index (χ2n) is 5.34. The lowest BCUT2D eigenvalue weighted by Crippen LogP contribution is -2.20. The second-order valence-corrected chi connectivity index (χ2v) is 5.77. The van der Waals surface area contributed by atoms with E-state index in [1.807, 2.05) is 30.3 Å². The van der Waals surface area contributed by atoms with E-state index in [2.05, 4.69) is 22.1 Å². The van der Waals surface area contributed by atoms with Crippen LogP contribution in [0.15, 0.2) is 72.9 Å². The van der Waals surface area contributed by atoms with Crippen molar-refractivity contribution in [3.63, 3.8) is 0 Å². The number of ether oxygens (including phenoxy) is 1. The van der Waals surface area contributed by atoms with Crippen molar-refractivity contribution in [3.05, 3.63) is 89.2 Å². The molecule has 0 unspecified atom stereocenters. The summed E-state index contributed by atoms with van der Waals surface area (Å²) in [5.74, 6) is 6.34. The first-order chi connectivity index (χ1) is 12.7. The second kappa shape index (κ2) is 8.70.